The fourth-order valence-corrected chi connectivity index (χ4v) is 3.65. The Morgan fingerprint density at radius 3 is 2.56 bits per heavy atom. The molecular weight excluding hydrogens is 458 g/mol. The van der Waals surface area contributed by atoms with Crippen molar-refractivity contribution in [1.29, 1.82) is 5.26 Å². The maximum atomic E-state index is 13.5. The highest BCUT2D eigenvalue weighted by atomic mass is 79.9. The number of nitrogens with one attached hydrogen (secondary N) is 1. The number of H-pyrrole nitrogens is 1. The molecule has 12 heteroatoms. The van der Waals surface area contributed by atoms with Crippen molar-refractivity contribution in [1.82, 2.24) is 10.2 Å². The summed E-state index contributed by atoms with van der Waals surface area (Å²) in [6.07, 6.45) is 0. The third-order valence-electron chi connectivity index (χ3n) is 3.41. The number of sulfone groups is 1. The summed E-state index contributed by atoms with van der Waals surface area (Å²) >= 11 is 3.02. The van der Waals surface area contributed by atoms with E-state index in [-0.39, 0.29) is 27.1 Å². The minimum Gasteiger partial charge on any atom is -0.456 e. The molecule has 3 aromatic rings. The smallest absolute Gasteiger partial charge is 0.456 e. The lowest BCUT2D eigenvalue weighted by atomic mass is 10.2. The van der Waals surface area contributed by atoms with Gasteiger partial charge in [0, 0.05) is 6.07 Å². The molecule has 1 heterocycles. The molecule has 140 valence electrons. The van der Waals surface area contributed by atoms with Crippen LogP contribution in [0.3, 0.4) is 0 Å². The van der Waals surface area contributed by atoms with E-state index < -0.39 is 31.6 Å². The van der Waals surface area contributed by atoms with Crippen LogP contribution in [0.15, 0.2) is 39.8 Å². The van der Waals surface area contributed by atoms with Crippen molar-refractivity contribution >= 4 is 36.7 Å². The molecule has 0 atom stereocenters. The summed E-state index contributed by atoms with van der Waals surface area (Å²) in [6, 6.07) is 6.55. The van der Waals surface area contributed by atoms with Gasteiger partial charge in [0.05, 0.1) is 17.0 Å². The maximum absolute atomic E-state index is 13.5. The zero-order valence-electron chi connectivity index (χ0n) is 12.8. The van der Waals surface area contributed by atoms with Crippen molar-refractivity contribution in [2.75, 3.05) is 0 Å². The van der Waals surface area contributed by atoms with E-state index in [1.54, 1.807) is 6.07 Å². The number of nitriles is 1. The average molecular weight is 464 g/mol. The predicted octanol–water partition coefficient (Wildman–Crippen LogP) is 4.42. The number of hydrogen-bond donors (Lipinski definition) is 1. The van der Waals surface area contributed by atoms with Gasteiger partial charge in [-0.3, -0.25) is 5.10 Å². The van der Waals surface area contributed by atoms with Crippen LogP contribution in [-0.2, 0) is 9.84 Å². The molecule has 0 saturated heterocycles. The highest BCUT2D eigenvalue weighted by Crippen LogP contribution is 2.40. The Kier molecular flexibility index (Phi) is 4.61. The molecule has 27 heavy (non-hydrogen) atoms. The fourth-order valence-electron chi connectivity index (χ4n) is 2.28. The van der Waals surface area contributed by atoms with Crippen molar-refractivity contribution in [2.24, 2.45) is 0 Å². The van der Waals surface area contributed by atoms with Crippen molar-refractivity contribution in [3.63, 3.8) is 0 Å². The summed E-state index contributed by atoms with van der Waals surface area (Å²) < 4.78 is 81.2. The van der Waals surface area contributed by atoms with E-state index in [0.717, 1.165) is 18.2 Å². The first kappa shape index (κ1) is 19.1. The summed E-state index contributed by atoms with van der Waals surface area (Å²) in [5, 5.41) is 14.7. The van der Waals surface area contributed by atoms with Gasteiger partial charge >= 0.3 is 5.51 Å². The molecule has 1 N–H and O–H groups in total. The zero-order chi connectivity index (χ0) is 20.0. The third-order valence-corrected chi connectivity index (χ3v) is 5.50. The Labute approximate surface area is 157 Å². The number of nitrogens with zero attached hydrogens (tertiary/aromatic N) is 2. The molecule has 0 bridgehead atoms. The van der Waals surface area contributed by atoms with E-state index in [9.17, 15) is 26.0 Å². The van der Waals surface area contributed by atoms with Crippen LogP contribution in [-0.4, -0.2) is 24.1 Å². The predicted molar refractivity (Wildman–Crippen MR) is 88.2 cm³/mol. The van der Waals surface area contributed by atoms with Gasteiger partial charge in [-0.2, -0.15) is 23.5 Å². The quantitative estimate of drug-likeness (QED) is 0.579. The Balaban J connectivity index is 2.18. The number of benzene rings is 2. The van der Waals surface area contributed by atoms with Crippen LogP contribution in [0, 0.1) is 17.1 Å². The van der Waals surface area contributed by atoms with Crippen LogP contribution in [0.25, 0.3) is 10.9 Å². The number of ether oxygens (including phenoxy) is 1. The molecule has 0 aliphatic carbocycles. The second-order valence-electron chi connectivity index (χ2n) is 5.16. The second kappa shape index (κ2) is 6.50. The highest BCUT2D eigenvalue weighted by molar-refractivity contribution is 9.10. The van der Waals surface area contributed by atoms with E-state index >= 15 is 0 Å². The van der Waals surface area contributed by atoms with Crippen molar-refractivity contribution in [3.8, 4) is 17.6 Å². The van der Waals surface area contributed by atoms with Crippen LogP contribution in [0.5, 0.6) is 11.5 Å². The van der Waals surface area contributed by atoms with Crippen LogP contribution >= 0.6 is 15.9 Å². The zero-order valence-corrected chi connectivity index (χ0v) is 15.2. The van der Waals surface area contributed by atoms with Gasteiger partial charge < -0.3 is 4.74 Å². The topological polar surface area (TPSA) is 95.8 Å². The minimum atomic E-state index is -5.66. The summed E-state index contributed by atoms with van der Waals surface area (Å²) in [7, 11) is -5.66. The number of alkyl halides is 3. The summed E-state index contributed by atoms with van der Waals surface area (Å²) in [5.74, 6) is -0.962. The molecule has 3 rings (SSSR count). The Morgan fingerprint density at radius 1 is 1.22 bits per heavy atom. The van der Waals surface area contributed by atoms with Gasteiger partial charge in [0.1, 0.15) is 32.3 Å². The van der Waals surface area contributed by atoms with Crippen LogP contribution in [0.2, 0.25) is 0 Å². The highest BCUT2D eigenvalue weighted by Gasteiger charge is 2.48. The molecule has 1 aromatic heterocycles. The SMILES string of the molecule is N#Cc1cc(F)cc(Oc2ccc(S(=O)(=O)C(F)(F)F)c3n[nH]c(Br)c23)c1. The molecule has 0 fully saturated rings. The molecule has 2 aromatic carbocycles. The molecule has 6 nitrogen and oxygen atoms in total. The summed E-state index contributed by atoms with van der Waals surface area (Å²) in [4.78, 5) is -1.06. The van der Waals surface area contributed by atoms with E-state index in [4.69, 9.17) is 10.00 Å². The van der Waals surface area contributed by atoms with Gasteiger partial charge in [0.15, 0.2) is 0 Å². The number of rotatable bonds is 3. The van der Waals surface area contributed by atoms with Gasteiger partial charge in [-0.15, -0.1) is 0 Å². The van der Waals surface area contributed by atoms with E-state index in [1.807, 2.05) is 0 Å². The van der Waals surface area contributed by atoms with E-state index in [1.165, 1.54) is 6.07 Å². The summed E-state index contributed by atoms with van der Waals surface area (Å²) in [6.45, 7) is 0. The molecule has 0 saturated carbocycles. The van der Waals surface area contributed by atoms with E-state index in [2.05, 4.69) is 26.1 Å². The first-order valence-electron chi connectivity index (χ1n) is 6.91. The third kappa shape index (κ3) is 3.35. The van der Waals surface area contributed by atoms with Gasteiger partial charge in [-0.05, 0) is 40.2 Å². The fraction of sp³-hybridized carbons (Fsp3) is 0.0667. The lowest BCUT2D eigenvalue weighted by molar-refractivity contribution is -0.0435. The molecule has 0 aliphatic heterocycles. The molecular formula is C15H6BrF4N3O3S. The lowest BCUT2D eigenvalue weighted by Crippen LogP contribution is -2.23. The van der Waals surface area contributed by atoms with Gasteiger partial charge in [-0.25, -0.2) is 12.8 Å². The summed E-state index contributed by atoms with van der Waals surface area (Å²) in [5.41, 5.74) is -6.06. The van der Waals surface area contributed by atoms with Crippen molar-refractivity contribution in [2.45, 2.75) is 10.4 Å². The van der Waals surface area contributed by atoms with Gasteiger partial charge in [0.25, 0.3) is 9.84 Å². The minimum absolute atomic E-state index is 0.0382. The number of aromatic nitrogens is 2. The standard InChI is InChI=1S/C15H6BrF4N3O3S/c16-14-12-10(26-9-4-7(6-21)3-8(17)5-9)1-2-11(13(12)22-23-14)27(24,25)15(18,19)20/h1-5H,(H,22,23). The van der Waals surface area contributed by atoms with Crippen molar-refractivity contribution in [3.05, 3.63) is 46.3 Å². The molecule has 0 unspecified atom stereocenters. The van der Waals surface area contributed by atoms with Gasteiger partial charge in [-0.1, -0.05) is 0 Å². The molecule has 0 spiro atoms. The Hall–Kier alpha value is -2.65. The number of halogens is 5. The molecule has 0 aliphatic rings. The van der Waals surface area contributed by atoms with Crippen molar-refractivity contribution < 1.29 is 30.7 Å². The largest absolute Gasteiger partial charge is 0.501 e. The molecule has 0 radical (unpaired) electrons. The number of hydrogen-bond acceptors (Lipinski definition) is 5. The monoisotopic (exact) mass is 463 g/mol. The Bertz CT molecular complexity index is 1200. The van der Waals surface area contributed by atoms with E-state index in [0.29, 0.717) is 6.07 Å². The van der Waals surface area contributed by atoms with Crippen LogP contribution in [0.1, 0.15) is 5.56 Å². The normalized spacial score (nSPS) is 12.1. The molecule has 0 amide bonds. The van der Waals surface area contributed by atoms with Crippen LogP contribution in [0.4, 0.5) is 17.6 Å². The Morgan fingerprint density at radius 2 is 1.93 bits per heavy atom. The second-order valence-corrected chi connectivity index (χ2v) is 7.86. The van der Waals surface area contributed by atoms with Crippen LogP contribution < -0.4 is 4.74 Å². The number of fused-ring (bicyclic) bond motifs is 1. The first-order valence-corrected chi connectivity index (χ1v) is 9.18. The average Bonchev–Trinajstić information content (AvgIpc) is 2.95. The number of aromatic amines is 1. The maximum Gasteiger partial charge on any atom is 0.501 e. The lowest BCUT2D eigenvalue weighted by Gasteiger charge is -2.11. The van der Waals surface area contributed by atoms with Gasteiger partial charge in [0.2, 0.25) is 0 Å². The first-order chi connectivity index (χ1) is 12.5.